The van der Waals surface area contributed by atoms with Gasteiger partial charge in [-0.1, -0.05) is 29.8 Å². The molecule has 0 aliphatic rings. The van der Waals surface area contributed by atoms with E-state index in [4.69, 9.17) is 10.5 Å². The second-order valence-electron chi connectivity index (χ2n) is 5.30. The molecular formula is C18H23NO. The van der Waals surface area contributed by atoms with Crippen molar-refractivity contribution in [2.45, 2.75) is 33.7 Å². The molecule has 106 valence electrons. The van der Waals surface area contributed by atoms with Crippen molar-refractivity contribution < 1.29 is 4.74 Å². The summed E-state index contributed by atoms with van der Waals surface area (Å²) in [5.74, 6) is 0.878. The van der Waals surface area contributed by atoms with Crippen molar-refractivity contribution in [1.82, 2.24) is 0 Å². The van der Waals surface area contributed by atoms with E-state index >= 15 is 0 Å². The Hall–Kier alpha value is -1.80. The van der Waals surface area contributed by atoms with Crippen LogP contribution in [-0.4, -0.2) is 6.61 Å². The molecule has 2 heteroatoms. The Morgan fingerprint density at radius 2 is 1.70 bits per heavy atom. The van der Waals surface area contributed by atoms with E-state index < -0.39 is 0 Å². The van der Waals surface area contributed by atoms with Gasteiger partial charge in [-0.2, -0.15) is 0 Å². The first-order chi connectivity index (χ1) is 9.52. The third kappa shape index (κ3) is 3.02. The fourth-order valence-electron chi connectivity index (χ4n) is 2.81. The van der Waals surface area contributed by atoms with E-state index in [-0.39, 0.29) is 6.04 Å². The molecule has 0 radical (unpaired) electrons. The molecule has 0 aliphatic heterocycles. The summed E-state index contributed by atoms with van der Waals surface area (Å²) in [5, 5.41) is 0. The van der Waals surface area contributed by atoms with E-state index in [0.717, 1.165) is 11.3 Å². The largest absolute Gasteiger partial charge is 0.494 e. The molecule has 0 heterocycles. The van der Waals surface area contributed by atoms with E-state index in [0.29, 0.717) is 6.61 Å². The summed E-state index contributed by atoms with van der Waals surface area (Å²) in [6, 6.07) is 12.3. The van der Waals surface area contributed by atoms with Crippen LogP contribution in [0.1, 0.15) is 40.8 Å². The minimum atomic E-state index is -0.115. The summed E-state index contributed by atoms with van der Waals surface area (Å²) >= 11 is 0. The van der Waals surface area contributed by atoms with Crippen LogP contribution in [0.5, 0.6) is 5.75 Å². The molecule has 0 spiro atoms. The topological polar surface area (TPSA) is 35.2 Å². The van der Waals surface area contributed by atoms with Gasteiger partial charge in [-0.25, -0.2) is 0 Å². The van der Waals surface area contributed by atoms with Crippen molar-refractivity contribution in [3.8, 4) is 5.75 Å². The highest BCUT2D eigenvalue weighted by Crippen LogP contribution is 2.28. The molecule has 2 aromatic carbocycles. The van der Waals surface area contributed by atoms with Gasteiger partial charge in [0.1, 0.15) is 5.75 Å². The summed E-state index contributed by atoms with van der Waals surface area (Å²) in [6.07, 6.45) is 0. The van der Waals surface area contributed by atoms with E-state index in [1.165, 1.54) is 22.3 Å². The summed E-state index contributed by atoms with van der Waals surface area (Å²) in [7, 11) is 0. The number of rotatable bonds is 4. The number of ether oxygens (including phenoxy) is 1. The molecule has 0 fully saturated rings. The summed E-state index contributed by atoms with van der Waals surface area (Å²) in [5.41, 5.74) is 12.5. The molecule has 0 aromatic heterocycles. The Labute approximate surface area is 121 Å². The summed E-state index contributed by atoms with van der Waals surface area (Å²) < 4.78 is 5.56. The lowest BCUT2D eigenvalue weighted by molar-refractivity contribution is 0.340. The fourth-order valence-corrected chi connectivity index (χ4v) is 2.81. The molecule has 2 rings (SSSR count). The van der Waals surface area contributed by atoms with Gasteiger partial charge in [0.2, 0.25) is 0 Å². The normalized spacial score (nSPS) is 12.2. The molecule has 20 heavy (non-hydrogen) atoms. The molecule has 2 nitrogen and oxygen atoms in total. The Morgan fingerprint density at radius 1 is 1.05 bits per heavy atom. The number of hydrogen-bond acceptors (Lipinski definition) is 2. The maximum absolute atomic E-state index is 6.48. The van der Waals surface area contributed by atoms with Crippen LogP contribution in [0.2, 0.25) is 0 Å². The molecule has 0 amide bonds. The van der Waals surface area contributed by atoms with Crippen molar-refractivity contribution in [3.63, 3.8) is 0 Å². The van der Waals surface area contributed by atoms with Crippen molar-refractivity contribution in [1.29, 1.82) is 0 Å². The highest BCUT2D eigenvalue weighted by Gasteiger charge is 2.15. The van der Waals surface area contributed by atoms with Crippen LogP contribution < -0.4 is 10.5 Å². The van der Waals surface area contributed by atoms with E-state index in [9.17, 15) is 0 Å². The molecule has 0 bridgehead atoms. The fraction of sp³-hybridized carbons (Fsp3) is 0.333. The van der Waals surface area contributed by atoms with Crippen LogP contribution in [0.4, 0.5) is 0 Å². The lowest BCUT2D eigenvalue weighted by Crippen LogP contribution is -2.15. The van der Waals surface area contributed by atoms with Gasteiger partial charge >= 0.3 is 0 Å². The molecular weight excluding hydrogens is 246 g/mol. The smallest absolute Gasteiger partial charge is 0.119 e. The Bertz CT molecular complexity index is 581. The monoisotopic (exact) mass is 269 g/mol. The van der Waals surface area contributed by atoms with Crippen molar-refractivity contribution in [2.75, 3.05) is 6.61 Å². The zero-order chi connectivity index (χ0) is 14.7. The van der Waals surface area contributed by atoms with Gasteiger partial charge < -0.3 is 10.5 Å². The Kier molecular flexibility index (Phi) is 4.46. The van der Waals surface area contributed by atoms with E-state index in [1.807, 2.05) is 25.1 Å². The highest BCUT2D eigenvalue weighted by atomic mass is 16.5. The van der Waals surface area contributed by atoms with E-state index in [1.54, 1.807) is 0 Å². The predicted octanol–water partition coefficient (Wildman–Crippen LogP) is 4.06. The number of benzene rings is 2. The summed E-state index contributed by atoms with van der Waals surface area (Å²) in [6.45, 7) is 9.02. The number of hydrogen-bond donors (Lipinski definition) is 1. The lowest BCUT2D eigenvalue weighted by atomic mass is 9.90. The van der Waals surface area contributed by atoms with Crippen LogP contribution in [0.15, 0.2) is 36.4 Å². The van der Waals surface area contributed by atoms with Gasteiger partial charge in [-0.3, -0.25) is 0 Å². The van der Waals surface area contributed by atoms with E-state index in [2.05, 4.69) is 39.0 Å². The van der Waals surface area contributed by atoms with Gasteiger partial charge in [0.05, 0.1) is 12.6 Å². The second-order valence-corrected chi connectivity index (χ2v) is 5.30. The third-order valence-corrected chi connectivity index (χ3v) is 3.58. The first-order valence-electron chi connectivity index (χ1n) is 7.09. The molecule has 1 atom stereocenters. The molecule has 0 saturated heterocycles. The molecule has 1 unspecified atom stereocenters. The first kappa shape index (κ1) is 14.6. The molecule has 0 aliphatic carbocycles. The van der Waals surface area contributed by atoms with Gasteiger partial charge in [-0.05, 0) is 62.1 Å². The minimum Gasteiger partial charge on any atom is -0.494 e. The van der Waals surface area contributed by atoms with Crippen LogP contribution in [0.3, 0.4) is 0 Å². The van der Waals surface area contributed by atoms with Gasteiger partial charge in [0.15, 0.2) is 0 Å². The number of aryl methyl sites for hydroxylation is 3. The SMILES string of the molecule is CCOc1cccc(C(N)c2c(C)cc(C)cc2C)c1. The van der Waals surface area contributed by atoms with Crippen molar-refractivity contribution >= 4 is 0 Å². The van der Waals surface area contributed by atoms with Crippen molar-refractivity contribution in [2.24, 2.45) is 5.73 Å². The molecule has 0 saturated carbocycles. The predicted molar refractivity (Wildman–Crippen MR) is 84.3 cm³/mol. The van der Waals surface area contributed by atoms with Crippen LogP contribution in [-0.2, 0) is 0 Å². The van der Waals surface area contributed by atoms with Crippen molar-refractivity contribution in [3.05, 3.63) is 64.2 Å². The van der Waals surface area contributed by atoms with Crippen LogP contribution in [0, 0.1) is 20.8 Å². The quantitative estimate of drug-likeness (QED) is 0.908. The van der Waals surface area contributed by atoms with Crippen LogP contribution >= 0.6 is 0 Å². The maximum Gasteiger partial charge on any atom is 0.119 e. The third-order valence-electron chi connectivity index (χ3n) is 3.58. The second kappa shape index (κ2) is 6.10. The Morgan fingerprint density at radius 3 is 2.30 bits per heavy atom. The van der Waals surface area contributed by atoms with Gasteiger partial charge in [0, 0.05) is 0 Å². The van der Waals surface area contributed by atoms with Gasteiger partial charge in [-0.15, -0.1) is 0 Å². The molecule has 2 N–H and O–H groups in total. The van der Waals surface area contributed by atoms with Crippen LogP contribution in [0.25, 0.3) is 0 Å². The molecule has 2 aromatic rings. The average Bonchev–Trinajstić information content (AvgIpc) is 2.38. The van der Waals surface area contributed by atoms with Gasteiger partial charge in [0.25, 0.3) is 0 Å². The number of nitrogens with two attached hydrogens (primary N) is 1. The minimum absolute atomic E-state index is 0.115. The Balaban J connectivity index is 2.41. The summed E-state index contributed by atoms with van der Waals surface area (Å²) in [4.78, 5) is 0. The standard InChI is InChI=1S/C18H23NO/c1-5-20-16-8-6-7-15(11-16)18(19)17-13(3)9-12(2)10-14(17)4/h6-11,18H,5,19H2,1-4H3. The highest BCUT2D eigenvalue weighted by molar-refractivity contribution is 5.45. The zero-order valence-electron chi connectivity index (χ0n) is 12.7. The average molecular weight is 269 g/mol. The zero-order valence-corrected chi connectivity index (χ0v) is 12.7. The first-order valence-corrected chi connectivity index (χ1v) is 7.09. The lowest BCUT2D eigenvalue weighted by Gasteiger charge is -2.19. The maximum atomic E-state index is 6.48.